The average molecular weight is 165 g/mol. The molecule has 0 aliphatic rings. The van der Waals surface area contributed by atoms with E-state index in [-0.39, 0.29) is 0 Å². The Bertz CT molecular complexity index is 75.5. The van der Waals surface area contributed by atoms with E-state index in [9.17, 15) is 0 Å². The van der Waals surface area contributed by atoms with E-state index in [4.69, 9.17) is 11.1 Å². The van der Waals surface area contributed by atoms with Crippen LogP contribution >= 0.6 is 11.1 Å². The van der Waals surface area contributed by atoms with Crippen molar-refractivity contribution in [2.75, 3.05) is 0 Å². The minimum Gasteiger partial charge on any atom is -0.167 e. The van der Waals surface area contributed by atoms with Crippen molar-refractivity contribution in [3.63, 3.8) is 0 Å². The fraction of sp³-hybridized carbons (Fsp3) is 1.00. The Labute approximate surface area is 64.3 Å². The topological polar surface area (TPSA) is 0 Å². The van der Waals surface area contributed by atoms with Crippen LogP contribution in [0, 0.1) is 0 Å². The van der Waals surface area contributed by atoms with Crippen LogP contribution < -0.4 is 0 Å². The van der Waals surface area contributed by atoms with Crippen molar-refractivity contribution in [2.24, 2.45) is 0 Å². The third-order valence-electron chi connectivity index (χ3n) is 1.89. The summed E-state index contributed by atoms with van der Waals surface area (Å²) in [5, 5.41) is 0. The van der Waals surface area contributed by atoms with Crippen LogP contribution in [0.25, 0.3) is 0 Å². The minimum absolute atomic E-state index is 0.768. The summed E-state index contributed by atoms with van der Waals surface area (Å²) in [6, 6.07) is 0. The molecule has 0 rings (SSSR count). The van der Waals surface area contributed by atoms with Crippen molar-refractivity contribution in [1.82, 2.24) is 0 Å². The van der Waals surface area contributed by atoms with Gasteiger partial charge < -0.3 is 0 Å². The van der Waals surface area contributed by atoms with Gasteiger partial charge in [-0.3, -0.25) is 0 Å². The summed E-state index contributed by atoms with van der Waals surface area (Å²) in [6.45, 7) is 8.92. The Kier molecular flexibility index (Phi) is 3.82. The monoisotopic (exact) mass is 164 g/mol. The Hall–Kier alpha value is 0.507. The number of rotatable bonds is 3. The quantitative estimate of drug-likeness (QED) is 0.442. The summed E-state index contributed by atoms with van der Waals surface area (Å²) in [6.07, 6.45) is 2.56. The smallest absolute Gasteiger partial charge is 0.153 e. The first-order valence-corrected chi connectivity index (χ1v) is 7.76. The number of halogens is 1. The fourth-order valence-corrected chi connectivity index (χ4v) is 2.08. The molecule has 0 aliphatic carbocycles. The first-order valence-electron chi connectivity index (χ1n) is 3.67. The summed E-state index contributed by atoms with van der Waals surface area (Å²) in [4.78, 5) is 0. The summed E-state index contributed by atoms with van der Waals surface area (Å²) < 4.78 is 0. The van der Waals surface area contributed by atoms with Gasteiger partial charge >= 0.3 is 0 Å². The molecule has 9 heavy (non-hydrogen) atoms. The lowest BCUT2D eigenvalue weighted by Crippen LogP contribution is -2.22. The summed E-state index contributed by atoms with van der Waals surface area (Å²) in [5.74, 6) is 0. The highest BCUT2D eigenvalue weighted by molar-refractivity contribution is 7.19. The van der Waals surface area contributed by atoms with Crippen molar-refractivity contribution >= 4 is 18.5 Å². The van der Waals surface area contributed by atoms with E-state index in [1.807, 2.05) is 0 Å². The third-order valence-corrected chi connectivity index (χ3v) is 5.64. The number of hydrogen-bond donors (Lipinski definition) is 0. The van der Waals surface area contributed by atoms with Gasteiger partial charge in [0.1, 0.15) is 0 Å². The molecule has 0 bridgehead atoms. The first-order chi connectivity index (χ1) is 3.98. The SMILES string of the molecule is CCCC(C)[Si](C)(C)Cl. The van der Waals surface area contributed by atoms with Crippen molar-refractivity contribution < 1.29 is 0 Å². The second-order valence-corrected chi connectivity index (χ2v) is 10.3. The largest absolute Gasteiger partial charge is 0.167 e. The summed E-state index contributed by atoms with van der Waals surface area (Å²) in [7, 11) is -1.31. The van der Waals surface area contributed by atoms with Crippen molar-refractivity contribution in [3.05, 3.63) is 0 Å². The lowest BCUT2D eigenvalue weighted by Gasteiger charge is -2.21. The molecule has 1 atom stereocenters. The van der Waals surface area contributed by atoms with Crippen LogP contribution in [0.4, 0.5) is 0 Å². The maximum absolute atomic E-state index is 6.20. The minimum atomic E-state index is -1.31. The van der Waals surface area contributed by atoms with Crippen LogP contribution in [0.1, 0.15) is 26.7 Å². The molecule has 1 unspecified atom stereocenters. The molecular formula is C7H17ClSi. The maximum Gasteiger partial charge on any atom is 0.153 e. The molecule has 56 valence electrons. The van der Waals surface area contributed by atoms with Crippen molar-refractivity contribution in [1.29, 1.82) is 0 Å². The Balaban J connectivity index is 3.59. The van der Waals surface area contributed by atoms with Gasteiger partial charge in [-0.1, -0.05) is 39.8 Å². The third kappa shape index (κ3) is 3.99. The molecular weight excluding hydrogens is 148 g/mol. The lowest BCUT2D eigenvalue weighted by atomic mass is 10.3. The van der Waals surface area contributed by atoms with Gasteiger partial charge in [0.25, 0.3) is 0 Å². The van der Waals surface area contributed by atoms with Crippen molar-refractivity contribution in [3.8, 4) is 0 Å². The molecule has 2 heteroatoms. The van der Waals surface area contributed by atoms with Gasteiger partial charge in [-0.2, -0.15) is 11.1 Å². The molecule has 0 spiro atoms. The number of hydrogen-bond acceptors (Lipinski definition) is 0. The molecule has 0 aromatic carbocycles. The summed E-state index contributed by atoms with van der Waals surface area (Å²) in [5.41, 5.74) is 0.768. The van der Waals surface area contributed by atoms with Crippen LogP contribution in [0.3, 0.4) is 0 Å². The molecule has 0 radical (unpaired) electrons. The van der Waals surface area contributed by atoms with Gasteiger partial charge in [-0.25, -0.2) is 0 Å². The van der Waals surface area contributed by atoms with Crippen LogP contribution in [-0.2, 0) is 0 Å². The predicted molar refractivity (Wildman–Crippen MR) is 47.7 cm³/mol. The van der Waals surface area contributed by atoms with E-state index >= 15 is 0 Å². The lowest BCUT2D eigenvalue weighted by molar-refractivity contribution is 0.752. The van der Waals surface area contributed by atoms with Crippen molar-refractivity contribution in [2.45, 2.75) is 45.3 Å². The van der Waals surface area contributed by atoms with Gasteiger partial charge in [0.05, 0.1) is 0 Å². The highest BCUT2D eigenvalue weighted by atomic mass is 35.6. The summed E-state index contributed by atoms with van der Waals surface area (Å²) >= 11 is 6.20. The zero-order chi connectivity index (χ0) is 7.49. The molecule has 0 aliphatic heterocycles. The van der Waals surface area contributed by atoms with E-state index in [2.05, 4.69) is 26.9 Å². The highest BCUT2D eigenvalue weighted by Crippen LogP contribution is 2.28. The highest BCUT2D eigenvalue weighted by Gasteiger charge is 2.24. The Morgan fingerprint density at radius 2 is 1.89 bits per heavy atom. The molecule has 0 aromatic heterocycles. The maximum atomic E-state index is 6.20. The fourth-order valence-electron chi connectivity index (χ4n) is 0.776. The van der Waals surface area contributed by atoms with E-state index in [0.29, 0.717) is 0 Å². The molecule has 0 saturated heterocycles. The molecule has 0 amide bonds. The molecule has 0 N–H and O–H groups in total. The molecule has 0 nitrogen and oxygen atoms in total. The van der Waals surface area contributed by atoms with E-state index in [1.165, 1.54) is 12.8 Å². The van der Waals surface area contributed by atoms with E-state index in [0.717, 1.165) is 5.54 Å². The Morgan fingerprint density at radius 1 is 1.44 bits per heavy atom. The van der Waals surface area contributed by atoms with E-state index < -0.39 is 7.38 Å². The molecule has 0 aromatic rings. The zero-order valence-corrected chi connectivity index (χ0v) is 8.63. The molecule has 0 saturated carbocycles. The van der Waals surface area contributed by atoms with E-state index in [1.54, 1.807) is 0 Å². The average Bonchev–Trinajstić information content (AvgIpc) is 1.64. The van der Waals surface area contributed by atoms with Gasteiger partial charge in [-0.05, 0) is 5.54 Å². The van der Waals surface area contributed by atoms with Gasteiger partial charge in [-0.15, -0.1) is 0 Å². The second-order valence-electron chi connectivity index (χ2n) is 3.25. The first kappa shape index (κ1) is 9.51. The standard InChI is InChI=1S/C7H17ClSi/c1-5-6-7(2)9(3,4)8/h7H,5-6H2,1-4H3. The van der Waals surface area contributed by atoms with Gasteiger partial charge in [0.15, 0.2) is 7.38 Å². The van der Waals surface area contributed by atoms with Crippen LogP contribution in [-0.4, -0.2) is 7.38 Å². The second kappa shape index (κ2) is 3.62. The van der Waals surface area contributed by atoms with Gasteiger partial charge in [0.2, 0.25) is 0 Å². The molecule has 0 heterocycles. The normalized spacial score (nSPS) is 15.7. The molecule has 0 fully saturated rings. The zero-order valence-electron chi connectivity index (χ0n) is 6.87. The van der Waals surface area contributed by atoms with Crippen LogP contribution in [0.5, 0.6) is 0 Å². The van der Waals surface area contributed by atoms with Crippen LogP contribution in [0.2, 0.25) is 18.6 Å². The van der Waals surface area contributed by atoms with Gasteiger partial charge in [0, 0.05) is 0 Å². The van der Waals surface area contributed by atoms with Crippen LogP contribution in [0.15, 0.2) is 0 Å². The predicted octanol–water partition coefficient (Wildman–Crippen LogP) is 3.62. The Morgan fingerprint density at radius 3 is 2.00 bits per heavy atom.